The van der Waals surface area contributed by atoms with Crippen LogP contribution in [-0.4, -0.2) is 49.1 Å². The monoisotopic (exact) mass is 285 g/mol. The van der Waals surface area contributed by atoms with Gasteiger partial charge in [0.05, 0.1) is 6.54 Å². The van der Waals surface area contributed by atoms with E-state index in [0.29, 0.717) is 32.8 Å². The van der Waals surface area contributed by atoms with Crippen molar-refractivity contribution in [3.05, 3.63) is 0 Å². The number of ether oxygens (including phenoxy) is 3. The molecule has 1 aliphatic carbocycles. The van der Waals surface area contributed by atoms with Gasteiger partial charge >= 0.3 is 6.09 Å². The van der Waals surface area contributed by atoms with Crippen molar-refractivity contribution in [3.8, 4) is 0 Å². The summed E-state index contributed by atoms with van der Waals surface area (Å²) in [6, 6.07) is 0. The summed E-state index contributed by atoms with van der Waals surface area (Å²) in [5, 5.41) is 0. The van der Waals surface area contributed by atoms with Gasteiger partial charge in [-0.25, -0.2) is 9.69 Å². The Hall–Kier alpha value is -1.14. The molecule has 0 aromatic rings. The fourth-order valence-corrected chi connectivity index (χ4v) is 2.82. The number of carbonyl (C=O) groups is 2. The summed E-state index contributed by atoms with van der Waals surface area (Å²) in [4.78, 5) is 24.8. The molecular weight excluding hydrogens is 262 g/mol. The molecule has 0 bridgehead atoms. The van der Waals surface area contributed by atoms with Crippen molar-refractivity contribution in [2.24, 2.45) is 11.8 Å². The summed E-state index contributed by atoms with van der Waals surface area (Å²) in [6.07, 6.45) is 0.956. The number of carbonyl (C=O) groups excluding carboxylic acids is 2. The minimum Gasteiger partial charge on any atom is -0.447 e. The van der Waals surface area contributed by atoms with E-state index in [0.717, 1.165) is 6.42 Å². The SMILES string of the molecule is CCOC1(OCC)CC1CC(C)C(=O)N1CCOC1=O. The zero-order chi connectivity index (χ0) is 14.8. The van der Waals surface area contributed by atoms with Crippen molar-refractivity contribution in [1.82, 2.24) is 4.90 Å². The van der Waals surface area contributed by atoms with Crippen LogP contribution in [-0.2, 0) is 19.0 Å². The molecule has 2 rings (SSSR count). The van der Waals surface area contributed by atoms with Gasteiger partial charge in [-0.3, -0.25) is 4.79 Å². The predicted octanol–water partition coefficient (Wildman–Crippen LogP) is 1.78. The third kappa shape index (κ3) is 2.96. The van der Waals surface area contributed by atoms with Gasteiger partial charge in [0.2, 0.25) is 5.91 Å². The van der Waals surface area contributed by atoms with Crippen LogP contribution in [0.25, 0.3) is 0 Å². The highest BCUT2D eigenvalue weighted by molar-refractivity contribution is 5.94. The van der Waals surface area contributed by atoms with Crippen LogP contribution in [0, 0.1) is 11.8 Å². The van der Waals surface area contributed by atoms with E-state index >= 15 is 0 Å². The van der Waals surface area contributed by atoms with Crippen LogP contribution >= 0.6 is 0 Å². The molecule has 0 radical (unpaired) electrons. The van der Waals surface area contributed by atoms with Gasteiger partial charge in [-0.1, -0.05) is 6.92 Å². The molecule has 1 aliphatic heterocycles. The van der Waals surface area contributed by atoms with E-state index in [9.17, 15) is 9.59 Å². The van der Waals surface area contributed by atoms with Crippen molar-refractivity contribution >= 4 is 12.0 Å². The fraction of sp³-hybridized carbons (Fsp3) is 0.857. The first-order valence-electron chi connectivity index (χ1n) is 7.30. The van der Waals surface area contributed by atoms with Crippen LogP contribution in [0.5, 0.6) is 0 Å². The molecule has 2 fully saturated rings. The molecule has 2 atom stereocenters. The van der Waals surface area contributed by atoms with Gasteiger partial charge in [-0.2, -0.15) is 0 Å². The number of imide groups is 1. The summed E-state index contributed by atoms with van der Waals surface area (Å²) in [5.41, 5.74) is 0. The Morgan fingerprint density at radius 1 is 1.45 bits per heavy atom. The van der Waals surface area contributed by atoms with E-state index in [1.165, 1.54) is 4.90 Å². The highest BCUT2D eigenvalue weighted by Crippen LogP contribution is 2.51. The maximum Gasteiger partial charge on any atom is 0.416 e. The van der Waals surface area contributed by atoms with Gasteiger partial charge in [0.15, 0.2) is 5.79 Å². The normalized spacial score (nSPS) is 25.4. The molecule has 0 aromatic heterocycles. The number of cyclic esters (lactones) is 1. The van der Waals surface area contributed by atoms with Crippen molar-refractivity contribution in [1.29, 1.82) is 0 Å². The van der Waals surface area contributed by atoms with Crippen LogP contribution < -0.4 is 0 Å². The van der Waals surface area contributed by atoms with Gasteiger partial charge in [0, 0.05) is 31.5 Å². The third-order valence-electron chi connectivity index (χ3n) is 3.86. The summed E-state index contributed by atoms with van der Waals surface area (Å²) >= 11 is 0. The first-order chi connectivity index (χ1) is 9.54. The maximum absolute atomic E-state index is 12.2. The minimum atomic E-state index is -0.529. The Morgan fingerprint density at radius 3 is 2.60 bits per heavy atom. The van der Waals surface area contributed by atoms with Crippen LogP contribution in [0.4, 0.5) is 4.79 Å². The lowest BCUT2D eigenvalue weighted by Crippen LogP contribution is -2.36. The van der Waals surface area contributed by atoms with Crippen molar-refractivity contribution in [2.75, 3.05) is 26.4 Å². The summed E-state index contributed by atoms with van der Waals surface area (Å²) in [6.45, 7) is 7.55. The molecule has 114 valence electrons. The van der Waals surface area contributed by atoms with Crippen LogP contribution in [0.2, 0.25) is 0 Å². The topological polar surface area (TPSA) is 65.1 Å². The Kier molecular flexibility index (Phi) is 4.65. The smallest absolute Gasteiger partial charge is 0.416 e. The molecule has 6 heteroatoms. The Morgan fingerprint density at radius 2 is 2.10 bits per heavy atom. The minimum absolute atomic E-state index is 0.165. The van der Waals surface area contributed by atoms with Crippen LogP contribution in [0.3, 0.4) is 0 Å². The average Bonchev–Trinajstić information content (AvgIpc) is 2.87. The van der Waals surface area contributed by atoms with E-state index in [2.05, 4.69) is 0 Å². The molecular formula is C14H23NO5. The van der Waals surface area contributed by atoms with Gasteiger partial charge < -0.3 is 14.2 Å². The first-order valence-corrected chi connectivity index (χ1v) is 7.30. The maximum atomic E-state index is 12.2. The zero-order valence-electron chi connectivity index (χ0n) is 12.4. The molecule has 20 heavy (non-hydrogen) atoms. The standard InChI is InChI=1S/C14H23NO5/c1-4-19-14(20-5-2)9-11(14)8-10(3)12(16)15-6-7-18-13(15)17/h10-11H,4-9H2,1-3H3. The second-order valence-electron chi connectivity index (χ2n) is 5.32. The molecule has 1 saturated carbocycles. The van der Waals surface area contributed by atoms with E-state index in [4.69, 9.17) is 14.2 Å². The van der Waals surface area contributed by atoms with Gasteiger partial charge in [0.1, 0.15) is 6.61 Å². The van der Waals surface area contributed by atoms with Gasteiger partial charge in [-0.15, -0.1) is 0 Å². The summed E-state index contributed by atoms with van der Waals surface area (Å²) in [5.74, 6) is -0.682. The second kappa shape index (κ2) is 6.10. The Bertz CT molecular complexity index is 378. The number of amides is 2. The zero-order valence-corrected chi connectivity index (χ0v) is 12.4. The van der Waals surface area contributed by atoms with Crippen molar-refractivity contribution in [3.63, 3.8) is 0 Å². The first kappa shape index (κ1) is 15.3. The number of rotatable bonds is 7. The number of nitrogens with zero attached hydrogens (tertiary/aromatic N) is 1. The predicted molar refractivity (Wildman–Crippen MR) is 70.9 cm³/mol. The molecule has 2 unspecified atom stereocenters. The van der Waals surface area contributed by atoms with E-state index < -0.39 is 11.9 Å². The van der Waals surface area contributed by atoms with Gasteiger partial charge in [-0.05, 0) is 20.3 Å². The lowest BCUT2D eigenvalue weighted by Gasteiger charge is -2.20. The van der Waals surface area contributed by atoms with E-state index in [1.807, 2.05) is 20.8 Å². The van der Waals surface area contributed by atoms with Gasteiger partial charge in [0.25, 0.3) is 0 Å². The Labute approximate surface area is 119 Å². The molecule has 1 heterocycles. The highest BCUT2D eigenvalue weighted by Gasteiger charge is 2.57. The van der Waals surface area contributed by atoms with E-state index in [1.54, 1.807) is 0 Å². The van der Waals surface area contributed by atoms with Crippen molar-refractivity contribution < 1.29 is 23.8 Å². The summed E-state index contributed by atoms with van der Waals surface area (Å²) < 4.78 is 16.2. The molecule has 0 aromatic carbocycles. The molecule has 0 spiro atoms. The molecule has 6 nitrogen and oxygen atoms in total. The summed E-state index contributed by atoms with van der Waals surface area (Å²) in [7, 11) is 0. The quantitative estimate of drug-likeness (QED) is 0.667. The van der Waals surface area contributed by atoms with Crippen molar-refractivity contribution in [2.45, 2.75) is 39.4 Å². The van der Waals surface area contributed by atoms with E-state index in [-0.39, 0.29) is 17.7 Å². The molecule has 2 aliphatic rings. The number of hydrogen-bond donors (Lipinski definition) is 0. The van der Waals surface area contributed by atoms with Crippen LogP contribution in [0.15, 0.2) is 0 Å². The largest absolute Gasteiger partial charge is 0.447 e. The fourth-order valence-electron chi connectivity index (χ4n) is 2.82. The molecule has 0 N–H and O–H groups in total. The lowest BCUT2D eigenvalue weighted by molar-refractivity contribution is -0.172. The number of hydrogen-bond acceptors (Lipinski definition) is 5. The molecule has 2 amide bonds. The Balaban J connectivity index is 1.87. The third-order valence-corrected chi connectivity index (χ3v) is 3.86. The lowest BCUT2D eigenvalue weighted by atomic mass is 10.0. The average molecular weight is 285 g/mol. The second-order valence-corrected chi connectivity index (χ2v) is 5.32. The van der Waals surface area contributed by atoms with Crippen LogP contribution in [0.1, 0.15) is 33.6 Å². The highest BCUT2D eigenvalue weighted by atomic mass is 16.7. The molecule has 1 saturated heterocycles.